The Balaban J connectivity index is 1.54. The van der Waals surface area contributed by atoms with Crippen molar-refractivity contribution in [2.75, 3.05) is 13.4 Å². The number of ketones is 1. The van der Waals surface area contributed by atoms with Gasteiger partial charge < -0.3 is 14.2 Å². The number of esters is 2. The molecule has 0 unspecified atom stereocenters. The normalized spacial score (nSPS) is 9.41. The predicted molar refractivity (Wildman–Crippen MR) is 139 cm³/mol. The number of carbonyl (C=O) groups excluding carboxylic acids is 3. The first-order valence-corrected chi connectivity index (χ1v) is 11.1. The maximum atomic E-state index is 11.9. The van der Waals surface area contributed by atoms with Gasteiger partial charge in [-0.1, -0.05) is 36.8 Å². The predicted octanol–water partition coefficient (Wildman–Crippen LogP) is 4.46. The monoisotopic (exact) mass is 490 g/mol. The molecule has 0 saturated heterocycles. The van der Waals surface area contributed by atoms with Crippen molar-refractivity contribution in [2.45, 2.75) is 0 Å². The van der Waals surface area contributed by atoms with Crippen LogP contribution >= 0.6 is 0 Å². The summed E-state index contributed by atoms with van der Waals surface area (Å²) in [7, 11) is 0. The average Bonchev–Trinajstić information content (AvgIpc) is 2.94. The quantitative estimate of drug-likeness (QED) is 0.201. The van der Waals surface area contributed by atoms with Gasteiger partial charge in [-0.05, 0) is 78.9 Å². The second-order valence-corrected chi connectivity index (χ2v) is 7.36. The third-order valence-electron chi connectivity index (χ3n) is 4.73. The Morgan fingerprint density at radius 1 is 0.649 bits per heavy atom. The van der Waals surface area contributed by atoms with E-state index in [1.807, 2.05) is 36.4 Å². The van der Waals surface area contributed by atoms with Gasteiger partial charge >= 0.3 is 11.9 Å². The van der Waals surface area contributed by atoms with Crippen molar-refractivity contribution in [1.29, 1.82) is 0 Å². The molecule has 6 nitrogen and oxygen atoms in total. The first-order valence-electron chi connectivity index (χ1n) is 11.1. The van der Waals surface area contributed by atoms with Gasteiger partial charge in [0, 0.05) is 28.3 Å². The van der Waals surface area contributed by atoms with Crippen molar-refractivity contribution >= 4 is 17.7 Å². The van der Waals surface area contributed by atoms with Gasteiger partial charge in [0.1, 0.15) is 5.75 Å². The van der Waals surface area contributed by atoms with Crippen LogP contribution in [0.5, 0.6) is 5.75 Å². The molecular formula is C31H22O6. The summed E-state index contributed by atoms with van der Waals surface area (Å²) in [5, 5.41) is 0. The van der Waals surface area contributed by atoms with E-state index in [0.29, 0.717) is 11.3 Å². The molecule has 0 amide bonds. The molecule has 182 valence electrons. The van der Waals surface area contributed by atoms with Crippen molar-refractivity contribution in [3.63, 3.8) is 0 Å². The molecular weight excluding hydrogens is 468 g/mol. The van der Waals surface area contributed by atoms with E-state index in [2.05, 4.69) is 41.6 Å². The summed E-state index contributed by atoms with van der Waals surface area (Å²) in [5.74, 6) is 11.4. The number of hydrogen-bond donors (Lipinski definition) is 0. The zero-order valence-corrected chi connectivity index (χ0v) is 19.9. The lowest BCUT2D eigenvalue weighted by atomic mass is 10.1. The molecule has 0 spiro atoms. The summed E-state index contributed by atoms with van der Waals surface area (Å²) in [5.41, 5.74) is 3.50. The van der Waals surface area contributed by atoms with E-state index < -0.39 is 18.7 Å². The van der Waals surface area contributed by atoms with E-state index >= 15 is 0 Å². The smallest absolute Gasteiger partial charge is 0.341 e. The van der Waals surface area contributed by atoms with Crippen LogP contribution in [0.3, 0.4) is 0 Å². The molecule has 3 aromatic carbocycles. The average molecular weight is 491 g/mol. The van der Waals surface area contributed by atoms with Crippen LogP contribution in [0.1, 0.15) is 32.6 Å². The number of carbonyl (C=O) groups is 3. The lowest BCUT2D eigenvalue weighted by Crippen LogP contribution is -2.11. The highest BCUT2D eigenvalue weighted by molar-refractivity contribution is 5.90. The maximum Gasteiger partial charge on any atom is 0.341 e. The minimum atomic E-state index is -0.671. The fourth-order valence-electron chi connectivity index (χ4n) is 2.75. The number of ether oxygens (including phenoxy) is 3. The largest absolute Gasteiger partial charge is 0.485 e. The Hall–Kier alpha value is -5.33. The molecule has 0 fully saturated rings. The molecule has 6 heteroatoms. The van der Waals surface area contributed by atoms with Crippen molar-refractivity contribution in [2.24, 2.45) is 0 Å². The molecule has 0 bridgehead atoms. The molecule has 0 atom stereocenters. The van der Waals surface area contributed by atoms with Crippen LogP contribution in [0.2, 0.25) is 0 Å². The molecule has 3 rings (SSSR count). The molecule has 0 aliphatic heterocycles. The van der Waals surface area contributed by atoms with E-state index in [-0.39, 0.29) is 12.4 Å². The summed E-state index contributed by atoms with van der Waals surface area (Å²) < 4.78 is 14.8. The Morgan fingerprint density at radius 2 is 1.11 bits per heavy atom. The Kier molecular flexibility index (Phi) is 9.61. The van der Waals surface area contributed by atoms with Crippen molar-refractivity contribution < 1.29 is 28.6 Å². The molecule has 0 aliphatic carbocycles. The second-order valence-electron chi connectivity index (χ2n) is 7.36. The molecule has 0 heterocycles. The topological polar surface area (TPSA) is 78.9 Å². The van der Waals surface area contributed by atoms with Gasteiger partial charge in [0.2, 0.25) is 6.79 Å². The van der Waals surface area contributed by atoms with Gasteiger partial charge in [0.05, 0.1) is 5.56 Å². The van der Waals surface area contributed by atoms with Gasteiger partial charge in [0.15, 0.2) is 12.4 Å². The van der Waals surface area contributed by atoms with E-state index in [1.165, 1.54) is 6.08 Å². The SMILES string of the molecule is C=CC(=O)COc1ccc(C#Cc2ccc(C#Cc3ccc(C(=O)OCOC(=O)C=C)cc3)cc2)cc1. The minimum Gasteiger partial charge on any atom is -0.485 e. The number of hydrogen-bond acceptors (Lipinski definition) is 6. The van der Waals surface area contributed by atoms with Crippen LogP contribution < -0.4 is 4.74 Å². The first kappa shape index (κ1) is 26.3. The van der Waals surface area contributed by atoms with Crippen molar-refractivity contribution in [3.8, 4) is 29.4 Å². The highest BCUT2D eigenvalue weighted by Gasteiger charge is 2.07. The van der Waals surface area contributed by atoms with E-state index in [9.17, 15) is 14.4 Å². The van der Waals surface area contributed by atoms with E-state index in [4.69, 9.17) is 9.47 Å². The molecule has 3 aromatic rings. The first-order chi connectivity index (χ1) is 18.0. The molecule has 0 saturated carbocycles. The van der Waals surface area contributed by atoms with Gasteiger partial charge in [-0.3, -0.25) is 4.79 Å². The van der Waals surface area contributed by atoms with E-state index in [1.54, 1.807) is 36.4 Å². The highest BCUT2D eigenvalue weighted by Crippen LogP contribution is 2.12. The van der Waals surface area contributed by atoms with Gasteiger partial charge in [0.25, 0.3) is 0 Å². The lowest BCUT2D eigenvalue weighted by molar-refractivity contribution is -0.146. The molecule has 0 aliphatic rings. The molecule has 0 aromatic heterocycles. The summed E-state index contributed by atoms with van der Waals surface area (Å²) in [6.07, 6.45) is 2.21. The maximum absolute atomic E-state index is 11.9. The third-order valence-corrected chi connectivity index (χ3v) is 4.73. The van der Waals surface area contributed by atoms with Crippen LogP contribution in [0.15, 0.2) is 98.1 Å². The Morgan fingerprint density at radius 3 is 1.57 bits per heavy atom. The highest BCUT2D eigenvalue weighted by atomic mass is 16.7. The van der Waals surface area contributed by atoms with Gasteiger partial charge in [-0.15, -0.1) is 0 Å². The van der Waals surface area contributed by atoms with Crippen LogP contribution in [0.4, 0.5) is 0 Å². The summed E-state index contributed by atoms with van der Waals surface area (Å²) in [6.45, 7) is 6.14. The number of rotatable bonds is 8. The molecule has 0 N–H and O–H groups in total. The fourth-order valence-corrected chi connectivity index (χ4v) is 2.75. The van der Waals surface area contributed by atoms with Crippen LogP contribution in [-0.2, 0) is 19.1 Å². The Labute approximate surface area is 215 Å². The zero-order chi connectivity index (χ0) is 26.5. The lowest BCUT2D eigenvalue weighted by Gasteiger charge is -2.04. The minimum absolute atomic E-state index is 0.0414. The fraction of sp³-hybridized carbons (Fsp3) is 0.0645. The van der Waals surface area contributed by atoms with Crippen molar-refractivity contribution in [3.05, 3.63) is 126 Å². The standard InChI is InChI=1S/C31H22O6/c1-3-28(32)21-35-29-19-15-26(16-20-29)12-10-24-7-5-23(6-8-24)9-11-25-13-17-27(18-14-25)31(34)37-22-36-30(33)4-2/h3-8,13-20H,1-2,21-22H2. The van der Waals surface area contributed by atoms with Crippen LogP contribution in [-0.4, -0.2) is 31.1 Å². The Bertz CT molecular complexity index is 1410. The van der Waals surface area contributed by atoms with Crippen LogP contribution in [0.25, 0.3) is 0 Å². The third kappa shape index (κ3) is 8.75. The summed E-state index contributed by atoms with van der Waals surface area (Å²) in [6, 6.07) is 21.2. The zero-order valence-electron chi connectivity index (χ0n) is 19.9. The number of benzene rings is 3. The summed E-state index contributed by atoms with van der Waals surface area (Å²) >= 11 is 0. The molecule has 0 radical (unpaired) electrons. The van der Waals surface area contributed by atoms with Gasteiger partial charge in [-0.25, -0.2) is 9.59 Å². The second kappa shape index (κ2) is 13.5. The van der Waals surface area contributed by atoms with Gasteiger partial charge in [-0.2, -0.15) is 0 Å². The molecule has 37 heavy (non-hydrogen) atoms. The van der Waals surface area contributed by atoms with Crippen LogP contribution in [0, 0.1) is 23.7 Å². The van der Waals surface area contributed by atoms with E-state index in [0.717, 1.165) is 28.3 Å². The van der Waals surface area contributed by atoms with Crippen molar-refractivity contribution in [1.82, 2.24) is 0 Å². The summed E-state index contributed by atoms with van der Waals surface area (Å²) in [4.78, 5) is 34.1.